The highest BCUT2D eigenvalue weighted by Crippen LogP contribution is 2.23. The fraction of sp³-hybridized carbons (Fsp3) is 0.273. The number of rotatable bonds is 2. The molecule has 5 heteroatoms. The van der Waals surface area contributed by atoms with Crippen molar-refractivity contribution in [2.75, 3.05) is 11.4 Å². The summed E-state index contributed by atoms with van der Waals surface area (Å²) >= 11 is 0. The van der Waals surface area contributed by atoms with Crippen molar-refractivity contribution >= 4 is 17.6 Å². The van der Waals surface area contributed by atoms with E-state index in [1.165, 1.54) is 17.0 Å². The first-order chi connectivity index (χ1) is 7.59. The summed E-state index contributed by atoms with van der Waals surface area (Å²) in [6, 6.07) is 3.72. The predicted octanol–water partition coefficient (Wildman–Crippen LogP) is 1.65. The lowest BCUT2D eigenvalue weighted by Crippen LogP contribution is -2.23. The average Bonchev–Trinajstić information content (AvgIpc) is 2.63. The number of benzene rings is 1. The summed E-state index contributed by atoms with van der Waals surface area (Å²) in [4.78, 5) is 23.5. The van der Waals surface area contributed by atoms with Gasteiger partial charge in [0.15, 0.2) is 0 Å². The fourth-order valence-electron chi connectivity index (χ4n) is 1.77. The van der Waals surface area contributed by atoms with Crippen LogP contribution in [-0.2, 0) is 4.79 Å². The molecule has 1 aliphatic rings. The lowest BCUT2D eigenvalue weighted by Gasteiger charge is -2.15. The maximum Gasteiger partial charge on any atom is 0.338 e. The van der Waals surface area contributed by atoms with Gasteiger partial charge in [-0.2, -0.15) is 0 Å². The molecule has 84 valence electrons. The minimum atomic E-state index is -1.31. The Hall–Kier alpha value is -1.91. The number of carbonyl (C=O) groups excluding carboxylic acids is 1. The normalized spacial score (nSPS) is 15.6. The Kier molecular flexibility index (Phi) is 2.60. The zero-order valence-electron chi connectivity index (χ0n) is 8.44. The first kappa shape index (κ1) is 10.6. The van der Waals surface area contributed by atoms with Crippen molar-refractivity contribution in [3.8, 4) is 0 Å². The molecule has 0 atom stereocenters. The van der Waals surface area contributed by atoms with Gasteiger partial charge < -0.3 is 10.0 Å². The van der Waals surface area contributed by atoms with Crippen LogP contribution in [-0.4, -0.2) is 23.5 Å². The molecular weight excluding hydrogens is 213 g/mol. The van der Waals surface area contributed by atoms with E-state index in [1.807, 2.05) is 0 Å². The molecule has 1 saturated heterocycles. The maximum absolute atomic E-state index is 13.4. The third kappa shape index (κ3) is 1.76. The van der Waals surface area contributed by atoms with Gasteiger partial charge in [0.1, 0.15) is 5.82 Å². The second-order valence-electron chi connectivity index (χ2n) is 3.62. The van der Waals surface area contributed by atoms with E-state index >= 15 is 0 Å². The van der Waals surface area contributed by atoms with Crippen LogP contribution in [0.3, 0.4) is 0 Å². The number of amides is 1. The standard InChI is InChI=1S/C11H10FNO3/c12-9-6-7(3-4-8(9)11(15)16)13-5-1-2-10(13)14/h3-4,6H,1-2,5H2,(H,15,16). The number of carboxylic acids is 1. The molecule has 1 aliphatic heterocycles. The summed E-state index contributed by atoms with van der Waals surface area (Å²) in [5.74, 6) is -2.18. The Morgan fingerprint density at radius 2 is 2.19 bits per heavy atom. The van der Waals surface area contributed by atoms with Gasteiger partial charge >= 0.3 is 5.97 Å². The Bertz CT molecular complexity index is 459. The number of hydrogen-bond donors (Lipinski definition) is 1. The summed E-state index contributed by atoms with van der Waals surface area (Å²) in [5, 5.41) is 8.65. The van der Waals surface area contributed by atoms with Gasteiger partial charge in [0.2, 0.25) is 5.91 Å². The molecule has 0 aromatic heterocycles. The van der Waals surface area contributed by atoms with Gasteiger partial charge in [-0.3, -0.25) is 4.79 Å². The molecule has 0 spiro atoms. The second kappa shape index (κ2) is 3.92. The summed E-state index contributed by atoms with van der Waals surface area (Å²) in [7, 11) is 0. The monoisotopic (exact) mass is 223 g/mol. The second-order valence-corrected chi connectivity index (χ2v) is 3.62. The minimum Gasteiger partial charge on any atom is -0.478 e. The number of nitrogens with zero attached hydrogens (tertiary/aromatic N) is 1. The van der Waals surface area contributed by atoms with Crippen LogP contribution < -0.4 is 4.90 Å². The minimum absolute atomic E-state index is 0.0533. The van der Waals surface area contributed by atoms with Crippen LogP contribution in [0.1, 0.15) is 23.2 Å². The van der Waals surface area contributed by atoms with Crippen LogP contribution in [0.5, 0.6) is 0 Å². The predicted molar refractivity (Wildman–Crippen MR) is 54.9 cm³/mol. The van der Waals surface area contributed by atoms with E-state index in [-0.39, 0.29) is 11.5 Å². The lowest BCUT2D eigenvalue weighted by molar-refractivity contribution is -0.117. The quantitative estimate of drug-likeness (QED) is 0.829. The summed E-state index contributed by atoms with van der Waals surface area (Å²) in [6.45, 7) is 0.560. The van der Waals surface area contributed by atoms with Crippen molar-refractivity contribution in [2.24, 2.45) is 0 Å². The van der Waals surface area contributed by atoms with Crippen LogP contribution in [0.15, 0.2) is 18.2 Å². The van der Waals surface area contributed by atoms with Gasteiger partial charge in [0, 0.05) is 18.7 Å². The van der Waals surface area contributed by atoms with Gasteiger partial charge in [0.25, 0.3) is 0 Å². The lowest BCUT2D eigenvalue weighted by atomic mass is 10.2. The van der Waals surface area contributed by atoms with Crippen molar-refractivity contribution in [3.05, 3.63) is 29.6 Å². The molecule has 1 fully saturated rings. The summed E-state index contributed by atoms with van der Waals surface area (Å²) in [5.41, 5.74) is 0.0420. The van der Waals surface area contributed by atoms with Crippen molar-refractivity contribution in [1.82, 2.24) is 0 Å². The molecule has 1 heterocycles. The molecule has 0 bridgehead atoms. The van der Waals surface area contributed by atoms with Crippen LogP contribution in [0, 0.1) is 5.82 Å². The number of aromatic carboxylic acids is 1. The summed E-state index contributed by atoms with van der Waals surface area (Å²) < 4.78 is 13.4. The number of hydrogen-bond acceptors (Lipinski definition) is 2. The average molecular weight is 223 g/mol. The van der Waals surface area contributed by atoms with Gasteiger partial charge in [-0.1, -0.05) is 0 Å². The van der Waals surface area contributed by atoms with Gasteiger partial charge in [0.05, 0.1) is 5.56 Å². The third-order valence-electron chi connectivity index (χ3n) is 2.57. The molecule has 0 saturated carbocycles. The van der Waals surface area contributed by atoms with Crippen LogP contribution >= 0.6 is 0 Å². The Labute approximate surface area is 91.3 Å². The molecule has 2 rings (SSSR count). The molecule has 0 aliphatic carbocycles. The molecule has 0 radical (unpaired) electrons. The summed E-state index contributed by atoms with van der Waals surface area (Å²) in [6.07, 6.45) is 1.21. The van der Waals surface area contributed by atoms with Crippen LogP contribution in [0.25, 0.3) is 0 Å². The van der Waals surface area contributed by atoms with E-state index in [1.54, 1.807) is 0 Å². The Morgan fingerprint density at radius 1 is 1.44 bits per heavy atom. The van der Waals surface area contributed by atoms with Gasteiger partial charge in [-0.15, -0.1) is 0 Å². The number of anilines is 1. The van der Waals surface area contributed by atoms with Crippen LogP contribution in [0.2, 0.25) is 0 Å². The molecule has 1 N–H and O–H groups in total. The highest BCUT2D eigenvalue weighted by Gasteiger charge is 2.23. The molecule has 1 aromatic rings. The largest absolute Gasteiger partial charge is 0.478 e. The van der Waals surface area contributed by atoms with E-state index in [2.05, 4.69) is 0 Å². The van der Waals surface area contributed by atoms with E-state index in [4.69, 9.17) is 5.11 Å². The molecular formula is C11H10FNO3. The molecule has 1 aromatic carbocycles. The third-order valence-corrected chi connectivity index (χ3v) is 2.57. The topological polar surface area (TPSA) is 57.6 Å². The van der Waals surface area contributed by atoms with Crippen molar-refractivity contribution in [2.45, 2.75) is 12.8 Å². The van der Waals surface area contributed by atoms with Gasteiger partial charge in [-0.25, -0.2) is 9.18 Å². The first-order valence-corrected chi connectivity index (χ1v) is 4.93. The smallest absolute Gasteiger partial charge is 0.338 e. The Balaban J connectivity index is 2.34. The van der Waals surface area contributed by atoms with E-state index in [9.17, 15) is 14.0 Å². The SMILES string of the molecule is O=C(O)c1ccc(N2CCCC2=O)cc1F. The number of halogens is 1. The fourth-order valence-corrected chi connectivity index (χ4v) is 1.77. The van der Waals surface area contributed by atoms with Crippen molar-refractivity contribution < 1.29 is 19.1 Å². The highest BCUT2D eigenvalue weighted by atomic mass is 19.1. The molecule has 1 amide bonds. The number of carbonyl (C=O) groups is 2. The molecule has 4 nitrogen and oxygen atoms in total. The van der Waals surface area contributed by atoms with Gasteiger partial charge in [-0.05, 0) is 24.6 Å². The first-order valence-electron chi connectivity index (χ1n) is 4.93. The van der Waals surface area contributed by atoms with E-state index in [0.29, 0.717) is 18.7 Å². The van der Waals surface area contributed by atoms with E-state index < -0.39 is 11.8 Å². The van der Waals surface area contributed by atoms with E-state index in [0.717, 1.165) is 12.5 Å². The zero-order chi connectivity index (χ0) is 11.7. The zero-order valence-corrected chi connectivity index (χ0v) is 8.44. The molecule has 16 heavy (non-hydrogen) atoms. The number of carboxylic acid groups (broad SMARTS) is 1. The highest BCUT2D eigenvalue weighted by molar-refractivity contribution is 5.96. The van der Waals surface area contributed by atoms with Crippen LogP contribution in [0.4, 0.5) is 10.1 Å². The Morgan fingerprint density at radius 3 is 2.69 bits per heavy atom. The molecule has 0 unspecified atom stereocenters. The maximum atomic E-state index is 13.4. The van der Waals surface area contributed by atoms with Crippen molar-refractivity contribution in [1.29, 1.82) is 0 Å². The van der Waals surface area contributed by atoms with Crippen molar-refractivity contribution in [3.63, 3.8) is 0 Å².